The van der Waals surface area contributed by atoms with E-state index < -0.39 is 0 Å². The highest BCUT2D eigenvalue weighted by Crippen LogP contribution is 2.64. The van der Waals surface area contributed by atoms with Crippen molar-refractivity contribution in [3.63, 3.8) is 0 Å². The van der Waals surface area contributed by atoms with Gasteiger partial charge in [0.2, 0.25) is 0 Å². The van der Waals surface area contributed by atoms with Gasteiger partial charge in [-0.05, 0) is 84.9 Å². The van der Waals surface area contributed by atoms with Gasteiger partial charge in [0.1, 0.15) is 11.9 Å². The third-order valence-electron chi connectivity index (χ3n) is 13.9. The van der Waals surface area contributed by atoms with Crippen LogP contribution in [0.25, 0.3) is 0 Å². The number of rotatable bonds is 3. The van der Waals surface area contributed by atoms with Crippen LogP contribution in [0.4, 0.5) is 5.69 Å². The van der Waals surface area contributed by atoms with Crippen LogP contribution in [0.2, 0.25) is 0 Å². The summed E-state index contributed by atoms with van der Waals surface area (Å²) in [5.41, 5.74) is 9.68. The van der Waals surface area contributed by atoms with Gasteiger partial charge < -0.3 is 14.4 Å². The average molecular weight is 682 g/mol. The summed E-state index contributed by atoms with van der Waals surface area (Å²) in [6, 6.07) is 28.2. The molecule has 0 aromatic heterocycles. The SMILES string of the molecule is C1=CCC2Oc3cc(C4CC=CC5c6ccccc6N(C6=CCCC=C6)C54)ccc3C3(C2=C1)C1C=CC=CC1OC1CCC(c2ccccc2)CC13. The monoisotopic (exact) mass is 681 g/mol. The third kappa shape index (κ3) is 4.54. The number of nitrogens with zero attached hydrogens (tertiary/aromatic N) is 1. The molecule has 3 aliphatic heterocycles. The van der Waals surface area contributed by atoms with Crippen molar-refractivity contribution in [2.45, 2.75) is 92.5 Å². The summed E-state index contributed by atoms with van der Waals surface area (Å²) in [5, 5.41) is 0. The van der Waals surface area contributed by atoms with E-state index in [1.165, 1.54) is 45.6 Å². The number of benzene rings is 3. The van der Waals surface area contributed by atoms with Crippen molar-refractivity contribution in [1.82, 2.24) is 0 Å². The molecule has 0 amide bonds. The summed E-state index contributed by atoms with van der Waals surface area (Å²) in [4.78, 5) is 2.68. The van der Waals surface area contributed by atoms with Crippen molar-refractivity contribution in [2.24, 2.45) is 11.8 Å². The molecular weight excluding hydrogens is 635 g/mol. The number of allylic oxidation sites excluding steroid dienone is 8. The minimum atomic E-state index is -0.202. The Morgan fingerprint density at radius 1 is 0.769 bits per heavy atom. The Morgan fingerprint density at radius 3 is 2.60 bits per heavy atom. The Bertz CT molecular complexity index is 2120. The van der Waals surface area contributed by atoms with E-state index in [-0.39, 0.29) is 29.6 Å². The minimum absolute atomic E-state index is 0.0346. The Balaban J connectivity index is 1.06. The number of fused-ring (bicyclic) bond motifs is 11. The third-order valence-corrected chi connectivity index (χ3v) is 13.9. The quantitative estimate of drug-likeness (QED) is 0.257. The number of hydrogen-bond acceptors (Lipinski definition) is 3. The molecule has 2 fully saturated rings. The zero-order valence-electron chi connectivity index (χ0n) is 29.8. The zero-order valence-corrected chi connectivity index (χ0v) is 29.8. The minimum Gasteiger partial charge on any atom is -0.485 e. The molecule has 1 saturated heterocycles. The molecule has 0 radical (unpaired) electrons. The maximum atomic E-state index is 7.23. The van der Waals surface area contributed by atoms with Crippen molar-refractivity contribution in [2.75, 3.05) is 4.90 Å². The lowest BCUT2D eigenvalue weighted by molar-refractivity contribution is -0.142. The van der Waals surface area contributed by atoms with Crippen LogP contribution < -0.4 is 9.64 Å². The van der Waals surface area contributed by atoms with E-state index in [0.29, 0.717) is 29.7 Å². The van der Waals surface area contributed by atoms with Crippen molar-refractivity contribution < 1.29 is 9.47 Å². The molecule has 10 unspecified atom stereocenters. The fraction of sp³-hybridized carbons (Fsp3) is 0.347. The lowest BCUT2D eigenvalue weighted by Gasteiger charge is -2.61. The highest BCUT2D eigenvalue weighted by molar-refractivity contribution is 5.70. The number of para-hydroxylation sites is 1. The second kappa shape index (κ2) is 12.2. The molecule has 3 heteroatoms. The Morgan fingerprint density at radius 2 is 1.67 bits per heavy atom. The lowest BCUT2D eigenvalue weighted by Crippen LogP contribution is -2.62. The molecule has 1 saturated carbocycles. The fourth-order valence-corrected chi connectivity index (χ4v) is 11.9. The van der Waals surface area contributed by atoms with Gasteiger partial charge in [-0.25, -0.2) is 0 Å². The summed E-state index contributed by atoms with van der Waals surface area (Å²) in [5.74, 6) is 2.90. The highest BCUT2D eigenvalue weighted by atomic mass is 16.5. The van der Waals surface area contributed by atoms with E-state index in [1.54, 1.807) is 0 Å². The fourth-order valence-electron chi connectivity index (χ4n) is 11.9. The molecule has 11 rings (SSSR count). The standard InChI is InChI=1S/C49H47NO2/c1-3-14-32(15-4-1)33-27-29-46-42(30-33)49(39-21-8-11-24-44(39)51-46)40-22-9-12-25-45(40)52-47-31-34(26-28-41(47)49)36-19-13-20-38-37-18-7-10-23-43(37)50(48(36)38)35-16-5-2-6-17-35/h1,3-5,7-18,20-24,26,28,31,33,36,38-39,42,44-46,48H,2,6,19,25,27,29-30H2. The molecule has 0 bridgehead atoms. The van der Waals surface area contributed by atoms with Crippen molar-refractivity contribution in [3.05, 3.63) is 179 Å². The molecule has 3 heterocycles. The first kappa shape index (κ1) is 31.0. The van der Waals surface area contributed by atoms with Gasteiger partial charge in [-0.2, -0.15) is 0 Å². The molecule has 0 N–H and O–H groups in total. The van der Waals surface area contributed by atoms with Gasteiger partial charge >= 0.3 is 0 Å². The van der Waals surface area contributed by atoms with Gasteiger partial charge in [-0.1, -0.05) is 127 Å². The number of anilines is 1. The Labute approximate surface area is 308 Å². The molecule has 5 aliphatic carbocycles. The van der Waals surface area contributed by atoms with E-state index in [2.05, 4.69) is 151 Å². The van der Waals surface area contributed by atoms with Crippen LogP contribution >= 0.6 is 0 Å². The van der Waals surface area contributed by atoms with Crippen LogP contribution in [-0.2, 0) is 10.2 Å². The van der Waals surface area contributed by atoms with Gasteiger partial charge in [0.15, 0.2) is 0 Å². The predicted molar refractivity (Wildman–Crippen MR) is 210 cm³/mol. The first-order valence-corrected chi connectivity index (χ1v) is 19.9. The second-order valence-electron chi connectivity index (χ2n) is 16.3. The van der Waals surface area contributed by atoms with E-state index in [0.717, 1.165) is 44.3 Å². The molecule has 1 spiro atoms. The zero-order chi connectivity index (χ0) is 34.2. The van der Waals surface area contributed by atoms with Crippen molar-refractivity contribution in [3.8, 4) is 5.75 Å². The summed E-state index contributed by atoms with van der Waals surface area (Å²) in [6.45, 7) is 0. The van der Waals surface area contributed by atoms with E-state index in [1.807, 2.05) is 0 Å². The van der Waals surface area contributed by atoms with Gasteiger partial charge in [0, 0.05) is 52.5 Å². The van der Waals surface area contributed by atoms with Crippen LogP contribution in [0.15, 0.2) is 157 Å². The maximum Gasteiger partial charge on any atom is 0.124 e. The van der Waals surface area contributed by atoms with E-state index in [9.17, 15) is 0 Å². The molecule has 52 heavy (non-hydrogen) atoms. The number of hydrogen-bond donors (Lipinski definition) is 0. The average Bonchev–Trinajstić information content (AvgIpc) is 3.56. The summed E-state index contributed by atoms with van der Waals surface area (Å²) >= 11 is 0. The highest BCUT2D eigenvalue weighted by Gasteiger charge is 2.62. The number of ether oxygens (including phenoxy) is 2. The first-order valence-electron chi connectivity index (χ1n) is 19.9. The molecule has 8 aliphatic rings. The Kier molecular flexibility index (Phi) is 7.29. The van der Waals surface area contributed by atoms with Gasteiger partial charge in [-0.3, -0.25) is 0 Å². The van der Waals surface area contributed by atoms with Crippen molar-refractivity contribution >= 4 is 5.69 Å². The van der Waals surface area contributed by atoms with Crippen LogP contribution in [0, 0.1) is 11.8 Å². The molecule has 260 valence electrons. The summed E-state index contributed by atoms with van der Waals surface area (Å²) in [6.07, 6.45) is 36.3. The Hall–Kier alpha value is -4.60. The normalized spacial score (nSPS) is 36.1. The first-order chi connectivity index (χ1) is 25.8. The smallest absolute Gasteiger partial charge is 0.124 e. The molecule has 10 atom stereocenters. The topological polar surface area (TPSA) is 21.7 Å². The van der Waals surface area contributed by atoms with Gasteiger partial charge in [0.25, 0.3) is 0 Å². The molecule has 3 nitrogen and oxygen atoms in total. The van der Waals surface area contributed by atoms with Crippen LogP contribution in [-0.4, -0.2) is 24.4 Å². The van der Waals surface area contributed by atoms with Crippen LogP contribution in [0.5, 0.6) is 5.75 Å². The van der Waals surface area contributed by atoms with Crippen LogP contribution in [0.1, 0.15) is 85.0 Å². The van der Waals surface area contributed by atoms with Gasteiger partial charge in [-0.15, -0.1) is 0 Å². The predicted octanol–water partition coefficient (Wildman–Crippen LogP) is 10.9. The molecule has 3 aromatic rings. The van der Waals surface area contributed by atoms with Gasteiger partial charge in [0.05, 0.1) is 18.2 Å². The molecule has 3 aromatic carbocycles. The summed E-state index contributed by atoms with van der Waals surface area (Å²) < 4.78 is 14.3. The summed E-state index contributed by atoms with van der Waals surface area (Å²) in [7, 11) is 0. The maximum absolute atomic E-state index is 7.23. The van der Waals surface area contributed by atoms with E-state index in [4.69, 9.17) is 9.47 Å². The van der Waals surface area contributed by atoms with E-state index >= 15 is 0 Å². The lowest BCUT2D eigenvalue weighted by atomic mass is 9.48. The largest absolute Gasteiger partial charge is 0.485 e. The molecular formula is C49H47NO2. The van der Waals surface area contributed by atoms with Crippen molar-refractivity contribution in [1.29, 1.82) is 0 Å². The van der Waals surface area contributed by atoms with Crippen LogP contribution in [0.3, 0.4) is 0 Å². The second-order valence-corrected chi connectivity index (χ2v) is 16.3.